The first kappa shape index (κ1) is 12.2. The zero-order chi connectivity index (χ0) is 11.1. The Kier molecular flexibility index (Phi) is 5.38. The van der Waals surface area contributed by atoms with E-state index in [0.29, 0.717) is 19.8 Å². The first-order valence-corrected chi connectivity index (χ1v) is 5.00. The predicted molar refractivity (Wildman–Crippen MR) is 53.6 cm³/mol. The van der Waals surface area contributed by atoms with E-state index in [2.05, 4.69) is 10.6 Å². The Morgan fingerprint density at radius 1 is 1.73 bits per heavy atom. The number of hydrogen-bond acceptors (Lipinski definition) is 4. The lowest BCUT2D eigenvalue weighted by Gasteiger charge is -2.17. The number of methoxy groups -OCH3 is 1. The number of hydrogen-bond donors (Lipinski definition) is 3. The molecule has 6 nitrogen and oxygen atoms in total. The quantitative estimate of drug-likeness (QED) is 0.557. The van der Waals surface area contributed by atoms with Crippen LogP contribution >= 0.6 is 0 Å². The van der Waals surface area contributed by atoms with Gasteiger partial charge in [-0.05, 0) is 6.42 Å². The fraction of sp³-hybridized carbons (Fsp3) is 0.889. The van der Waals surface area contributed by atoms with E-state index in [-0.39, 0.29) is 24.7 Å². The number of ether oxygens (including phenoxy) is 2. The highest BCUT2D eigenvalue weighted by Gasteiger charge is 2.19. The highest BCUT2D eigenvalue weighted by Crippen LogP contribution is 2.02. The molecule has 1 heterocycles. The van der Waals surface area contributed by atoms with Crippen molar-refractivity contribution in [3.05, 3.63) is 0 Å². The van der Waals surface area contributed by atoms with Crippen LogP contribution < -0.4 is 10.6 Å². The third-order valence-corrected chi connectivity index (χ3v) is 2.19. The lowest BCUT2D eigenvalue weighted by atomic mass is 10.3. The van der Waals surface area contributed by atoms with Crippen LogP contribution in [0.4, 0.5) is 4.79 Å². The summed E-state index contributed by atoms with van der Waals surface area (Å²) in [4.78, 5) is 11.4. The Morgan fingerprint density at radius 3 is 3.07 bits per heavy atom. The van der Waals surface area contributed by atoms with Crippen molar-refractivity contribution >= 4 is 6.03 Å². The monoisotopic (exact) mass is 218 g/mol. The van der Waals surface area contributed by atoms with E-state index in [0.717, 1.165) is 6.42 Å². The van der Waals surface area contributed by atoms with Crippen LogP contribution in [-0.2, 0) is 9.47 Å². The van der Waals surface area contributed by atoms with Gasteiger partial charge in [-0.25, -0.2) is 4.79 Å². The smallest absolute Gasteiger partial charge is 0.315 e. The molecule has 0 aliphatic carbocycles. The zero-order valence-electron chi connectivity index (χ0n) is 8.86. The average Bonchev–Trinajstić information content (AvgIpc) is 2.69. The molecule has 0 aromatic carbocycles. The van der Waals surface area contributed by atoms with Crippen LogP contribution in [0.2, 0.25) is 0 Å². The molecule has 1 rings (SSSR count). The van der Waals surface area contributed by atoms with E-state index in [4.69, 9.17) is 14.6 Å². The van der Waals surface area contributed by atoms with Crippen LogP contribution in [0.3, 0.4) is 0 Å². The molecule has 1 aliphatic heterocycles. The molecule has 0 saturated carbocycles. The first-order chi connectivity index (χ1) is 7.26. The molecular weight excluding hydrogens is 200 g/mol. The Hall–Kier alpha value is -0.850. The number of aliphatic hydroxyl groups excluding tert-OH is 1. The third-order valence-electron chi connectivity index (χ3n) is 2.19. The van der Waals surface area contributed by atoms with Gasteiger partial charge in [-0.2, -0.15) is 0 Å². The van der Waals surface area contributed by atoms with Crippen LogP contribution in [0.25, 0.3) is 0 Å². The summed E-state index contributed by atoms with van der Waals surface area (Å²) in [6.45, 7) is 1.40. The Labute approximate surface area is 88.9 Å². The summed E-state index contributed by atoms with van der Waals surface area (Å²) in [7, 11) is 1.52. The standard InChI is InChI=1S/C9H18N2O4/c1-14-5-8(4-12)11-9(13)10-7-2-3-15-6-7/h7-8,12H,2-6H2,1H3,(H2,10,11,13). The van der Waals surface area contributed by atoms with Gasteiger partial charge < -0.3 is 25.2 Å². The molecule has 3 N–H and O–H groups in total. The summed E-state index contributed by atoms with van der Waals surface area (Å²) in [5, 5.41) is 14.3. The van der Waals surface area contributed by atoms with Crippen LogP contribution in [0.15, 0.2) is 0 Å². The minimum atomic E-state index is -0.364. The van der Waals surface area contributed by atoms with Gasteiger partial charge in [0.25, 0.3) is 0 Å². The highest BCUT2D eigenvalue weighted by atomic mass is 16.5. The first-order valence-electron chi connectivity index (χ1n) is 5.00. The molecular formula is C9H18N2O4. The maximum Gasteiger partial charge on any atom is 0.315 e. The molecule has 0 bridgehead atoms. The average molecular weight is 218 g/mol. The molecule has 0 spiro atoms. The van der Waals surface area contributed by atoms with E-state index >= 15 is 0 Å². The molecule has 0 aromatic heterocycles. The van der Waals surface area contributed by atoms with Crippen molar-refractivity contribution in [1.29, 1.82) is 0 Å². The molecule has 0 radical (unpaired) electrons. The zero-order valence-corrected chi connectivity index (χ0v) is 8.86. The number of rotatable bonds is 5. The van der Waals surface area contributed by atoms with Gasteiger partial charge in [0.2, 0.25) is 0 Å². The van der Waals surface area contributed by atoms with E-state index in [1.165, 1.54) is 7.11 Å². The van der Waals surface area contributed by atoms with E-state index in [1.807, 2.05) is 0 Å². The lowest BCUT2D eigenvalue weighted by molar-refractivity contribution is 0.129. The van der Waals surface area contributed by atoms with E-state index in [9.17, 15) is 4.79 Å². The molecule has 1 aliphatic rings. The number of urea groups is 1. The van der Waals surface area contributed by atoms with Crippen LogP contribution in [-0.4, -0.2) is 56.8 Å². The van der Waals surface area contributed by atoms with Crippen LogP contribution in [0.5, 0.6) is 0 Å². The minimum absolute atomic E-state index is 0.0758. The number of amides is 2. The summed E-state index contributed by atoms with van der Waals surface area (Å²) in [6, 6.07) is -0.578. The number of aliphatic hydroxyl groups is 1. The van der Waals surface area contributed by atoms with Gasteiger partial charge >= 0.3 is 6.03 Å². The normalized spacial score (nSPS) is 22.4. The molecule has 2 unspecified atom stereocenters. The fourth-order valence-corrected chi connectivity index (χ4v) is 1.40. The Balaban J connectivity index is 2.20. The molecule has 88 valence electrons. The number of carbonyl (C=O) groups excluding carboxylic acids is 1. The van der Waals surface area contributed by atoms with Gasteiger partial charge in [0.15, 0.2) is 0 Å². The second-order valence-corrected chi connectivity index (χ2v) is 3.51. The summed E-state index contributed by atoms with van der Waals surface area (Å²) in [5.74, 6) is 0. The maximum absolute atomic E-state index is 11.4. The van der Waals surface area contributed by atoms with Gasteiger partial charge in [0.05, 0.1) is 31.9 Å². The summed E-state index contributed by atoms with van der Waals surface area (Å²) in [5.41, 5.74) is 0. The molecule has 1 saturated heterocycles. The Bertz CT molecular complexity index is 195. The molecule has 2 amide bonds. The third kappa shape index (κ3) is 4.46. The summed E-state index contributed by atoms with van der Waals surface area (Å²) >= 11 is 0. The van der Waals surface area contributed by atoms with E-state index in [1.54, 1.807) is 0 Å². The second-order valence-electron chi connectivity index (χ2n) is 3.51. The maximum atomic E-state index is 11.4. The minimum Gasteiger partial charge on any atom is -0.394 e. The predicted octanol–water partition coefficient (Wildman–Crippen LogP) is -0.918. The number of nitrogens with one attached hydrogen (secondary N) is 2. The van der Waals surface area contributed by atoms with Gasteiger partial charge in [-0.1, -0.05) is 0 Å². The van der Waals surface area contributed by atoms with Crippen LogP contribution in [0.1, 0.15) is 6.42 Å². The Morgan fingerprint density at radius 2 is 2.53 bits per heavy atom. The second kappa shape index (κ2) is 6.60. The van der Waals surface area contributed by atoms with Crippen molar-refractivity contribution in [2.75, 3.05) is 33.5 Å². The van der Waals surface area contributed by atoms with Crippen molar-refractivity contribution in [2.24, 2.45) is 0 Å². The van der Waals surface area contributed by atoms with Crippen molar-refractivity contribution in [3.8, 4) is 0 Å². The molecule has 2 atom stereocenters. The van der Waals surface area contributed by atoms with Crippen molar-refractivity contribution in [1.82, 2.24) is 10.6 Å². The van der Waals surface area contributed by atoms with Gasteiger partial charge in [-0.15, -0.1) is 0 Å². The van der Waals surface area contributed by atoms with Gasteiger partial charge in [-0.3, -0.25) is 0 Å². The van der Waals surface area contributed by atoms with Crippen molar-refractivity contribution in [2.45, 2.75) is 18.5 Å². The topological polar surface area (TPSA) is 79.8 Å². The van der Waals surface area contributed by atoms with E-state index < -0.39 is 0 Å². The largest absolute Gasteiger partial charge is 0.394 e. The summed E-state index contributed by atoms with van der Waals surface area (Å²) < 4.78 is 9.96. The fourth-order valence-electron chi connectivity index (χ4n) is 1.40. The number of carbonyl (C=O) groups is 1. The van der Waals surface area contributed by atoms with Crippen LogP contribution in [0, 0.1) is 0 Å². The van der Waals surface area contributed by atoms with Crippen molar-refractivity contribution in [3.63, 3.8) is 0 Å². The highest BCUT2D eigenvalue weighted by molar-refractivity contribution is 5.74. The van der Waals surface area contributed by atoms with Gasteiger partial charge in [0.1, 0.15) is 0 Å². The molecule has 0 aromatic rings. The molecule has 6 heteroatoms. The SMILES string of the molecule is COCC(CO)NC(=O)NC1CCOC1. The molecule has 1 fully saturated rings. The van der Waals surface area contributed by atoms with Gasteiger partial charge in [0, 0.05) is 13.7 Å². The van der Waals surface area contributed by atoms with Crippen molar-refractivity contribution < 1.29 is 19.4 Å². The molecule has 15 heavy (non-hydrogen) atoms. The lowest BCUT2D eigenvalue weighted by Crippen LogP contribution is -2.49. The summed E-state index contributed by atoms with van der Waals surface area (Å²) in [6.07, 6.45) is 0.835.